The number of carbonyl (C=O) groups excluding carboxylic acids is 4. The Labute approximate surface area is 207 Å². The van der Waals surface area contributed by atoms with Gasteiger partial charge in [-0.2, -0.15) is 0 Å². The molecule has 3 aromatic carbocycles. The fraction of sp³-hybridized carbons (Fsp3) is 0.154. The molecule has 34 heavy (non-hydrogen) atoms. The van der Waals surface area contributed by atoms with E-state index in [4.69, 9.17) is 16.3 Å². The van der Waals surface area contributed by atoms with Crippen molar-refractivity contribution in [2.45, 2.75) is 11.7 Å². The summed E-state index contributed by atoms with van der Waals surface area (Å²) >= 11 is 9.39. The molecular formula is C26H15BrClNO5. The van der Waals surface area contributed by atoms with Crippen molar-refractivity contribution in [3.8, 4) is 0 Å². The van der Waals surface area contributed by atoms with Crippen LogP contribution in [0.2, 0.25) is 5.02 Å². The summed E-state index contributed by atoms with van der Waals surface area (Å²) in [5.74, 6) is -4.62. The minimum absolute atomic E-state index is 0.199. The third-order valence-corrected chi connectivity index (χ3v) is 7.58. The van der Waals surface area contributed by atoms with Crippen LogP contribution in [0.15, 0.2) is 77.3 Å². The molecule has 0 saturated carbocycles. The smallest absolute Gasteiger partial charge is 0.241 e. The molecule has 6 rings (SSSR count). The van der Waals surface area contributed by atoms with E-state index < -0.39 is 46.9 Å². The second-order valence-electron chi connectivity index (χ2n) is 8.52. The molecule has 6 nitrogen and oxygen atoms in total. The van der Waals surface area contributed by atoms with E-state index in [9.17, 15) is 19.2 Å². The predicted octanol–water partition coefficient (Wildman–Crippen LogP) is 4.80. The average molecular weight is 537 g/mol. The molecule has 2 aliphatic heterocycles. The minimum Gasteiger partial charge on any atom is -0.349 e. The van der Waals surface area contributed by atoms with E-state index >= 15 is 0 Å². The van der Waals surface area contributed by atoms with Crippen LogP contribution in [0.5, 0.6) is 0 Å². The minimum atomic E-state index is -2.09. The van der Waals surface area contributed by atoms with Crippen LogP contribution in [0.1, 0.15) is 32.4 Å². The van der Waals surface area contributed by atoms with Crippen molar-refractivity contribution in [1.82, 2.24) is 0 Å². The maximum absolute atomic E-state index is 13.8. The van der Waals surface area contributed by atoms with Crippen molar-refractivity contribution >= 4 is 56.6 Å². The number of amides is 2. The van der Waals surface area contributed by atoms with Gasteiger partial charge in [-0.25, -0.2) is 4.90 Å². The normalized spacial score (nSPS) is 24.8. The van der Waals surface area contributed by atoms with Crippen molar-refractivity contribution in [3.63, 3.8) is 0 Å². The Morgan fingerprint density at radius 3 is 1.97 bits per heavy atom. The van der Waals surface area contributed by atoms with Crippen molar-refractivity contribution in [2.24, 2.45) is 11.8 Å². The van der Waals surface area contributed by atoms with Crippen LogP contribution >= 0.6 is 27.5 Å². The Kier molecular flexibility index (Phi) is 4.68. The van der Waals surface area contributed by atoms with Gasteiger partial charge in [0.25, 0.3) is 0 Å². The van der Waals surface area contributed by atoms with Crippen LogP contribution in [0, 0.1) is 11.8 Å². The van der Waals surface area contributed by atoms with Gasteiger partial charge in [0, 0.05) is 20.6 Å². The highest BCUT2D eigenvalue weighted by Crippen LogP contribution is 2.57. The van der Waals surface area contributed by atoms with Crippen molar-refractivity contribution < 1.29 is 23.9 Å². The number of Topliss-reactive ketones (excluding diaryl/α,β-unsaturated/α-hetero) is 2. The Morgan fingerprint density at radius 2 is 1.38 bits per heavy atom. The monoisotopic (exact) mass is 535 g/mol. The first kappa shape index (κ1) is 21.4. The summed E-state index contributed by atoms with van der Waals surface area (Å²) in [6.07, 6.45) is -0.971. The van der Waals surface area contributed by atoms with Crippen LogP contribution in [0.25, 0.3) is 0 Å². The van der Waals surface area contributed by atoms with E-state index in [-0.39, 0.29) is 11.1 Å². The summed E-state index contributed by atoms with van der Waals surface area (Å²) in [5.41, 5.74) is -0.759. The number of imide groups is 1. The Bertz CT molecular complexity index is 1370. The number of benzene rings is 3. The molecule has 1 aliphatic carbocycles. The molecule has 0 N–H and O–H groups in total. The SMILES string of the molecule is O=C1[C@@H]2[C@@H](c3ccc(Cl)cc3)OC3(C(=O)c4ccccc4C3=O)[C@@H]2C(=O)N1c1ccc(Br)cc1. The molecule has 3 aliphatic rings. The van der Waals surface area contributed by atoms with Gasteiger partial charge in [-0.05, 0) is 42.0 Å². The molecule has 2 heterocycles. The fourth-order valence-corrected chi connectivity index (χ4v) is 5.71. The Hall–Kier alpha value is -3.13. The lowest BCUT2D eigenvalue weighted by Gasteiger charge is -2.27. The lowest BCUT2D eigenvalue weighted by molar-refractivity contribution is -0.127. The molecule has 8 heteroatoms. The first-order valence-electron chi connectivity index (χ1n) is 10.6. The van der Waals surface area contributed by atoms with Gasteiger partial charge in [0.05, 0.1) is 23.6 Å². The molecule has 0 bridgehead atoms. The van der Waals surface area contributed by atoms with Crippen LogP contribution in [-0.4, -0.2) is 29.0 Å². The molecule has 2 fully saturated rings. The molecule has 0 unspecified atom stereocenters. The molecule has 2 amide bonds. The van der Waals surface area contributed by atoms with Gasteiger partial charge in [-0.1, -0.05) is 63.9 Å². The van der Waals surface area contributed by atoms with Crippen LogP contribution in [0.4, 0.5) is 5.69 Å². The highest BCUT2D eigenvalue weighted by atomic mass is 79.9. The summed E-state index contributed by atoms with van der Waals surface area (Å²) in [6, 6.07) is 19.8. The summed E-state index contributed by atoms with van der Waals surface area (Å²) in [5, 5.41) is 0.485. The molecule has 168 valence electrons. The van der Waals surface area contributed by atoms with Gasteiger partial charge >= 0.3 is 0 Å². The first-order chi connectivity index (χ1) is 16.3. The average Bonchev–Trinajstić information content (AvgIpc) is 3.40. The second kappa shape index (κ2) is 7.43. The third kappa shape index (κ3) is 2.72. The molecule has 0 aromatic heterocycles. The summed E-state index contributed by atoms with van der Waals surface area (Å²) in [7, 11) is 0. The molecule has 2 saturated heterocycles. The van der Waals surface area contributed by atoms with E-state index in [1.165, 1.54) is 0 Å². The van der Waals surface area contributed by atoms with Crippen molar-refractivity contribution in [1.29, 1.82) is 0 Å². The molecule has 3 atom stereocenters. The fourth-order valence-electron chi connectivity index (χ4n) is 5.32. The van der Waals surface area contributed by atoms with Crippen LogP contribution < -0.4 is 4.90 Å². The predicted molar refractivity (Wildman–Crippen MR) is 127 cm³/mol. The Morgan fingerprint density at radius 1 is 0.794 bits per heavy atom. The quantitative estimate of drug-likeness (QED) is 0.347. The standard InChI is InChI=1S/C26H15BrClNO5/c27-14-7-11-16(12-8-14)29-24(32)19-20(25(29)33)26(34-21(19)13-5-9-15(28)10-6-13)22(30)17-3-1-2-4-18(17)23(26)31/h1-12,19-21H/t19-,20-,21+/m0/s1. The van der Waals surface area contributed by atoms with Gasteiger partial charge in [0.2, 0.25) is 29.0 Å². The second-order valence-corrected chi connectivity index (χ2v) is 9.87. The van der Waals surface area contributed by atoms with Gasteiger partial charge < -0.3 is 4.74 Å². The number of anilines is 1. The van der Waals surface area contributed by atoms with Crippen molar-refractivity contribution in [3.05, 3.63) is 99.0 Å². The molecule has 1 spiro atoms. The molecule has 0 radical (unpaired) electrons. The van der Waals surface area contributed by atoms with E-state index in [0.717, 1.165) is 9.37 Å². The number of rotatable bonds is 2. The number of ether oxygens (including phenoxy) is 1. The van der Waals surface area contributed by atoms with Gasteiger partial charge in [0.15, 0.2) is 0 Å². The topological polar surface area (TPSA) is 80.8 Å². The zero-order valence-electron chi connectivity index (χ0n) is 17.4. The summed E-state index contributed by atoms with van der Waals surface area (Å²) < 4.78 is 7.02. The van der Waals surface area contributed by atoms with E-state index in [1.807, 2.05) is 0 Å². The number of carbonyl (C=O) groups is 4. The number of hydrogen-bond acceptors (Lipinski definition) is 5. The van der Waals surface area contributed by atoms with E-state index in [0.29, 0.717) is 16.3 Å². The van der Waals surface area contributed by atoms with E-state index in [2.05, 4.69) is 15.9 Å². The lowest BCUT2D eigenvalue weighted by Crippen LogP contribution is -2.51. The largest absolute Gasteiger partial charge is 0.349 e. The van der Waals surface area contributed by atoms with Gasteiger partial charge in [0.1, 0.15) is 0 Å². The zero-order chi connectivity index (χ0) is 23.8. The van der Waals surface area contributed by atoms with Gasteiger partial charge in [-0.15, -0.1) is 0 Å². The van der Waals surface area contributed by atoms with E-state index in [1.54, 1.807) is 72.8 Å². The van der Waals surface area contributed by atoms with Crippen LogP contribution in [0.3, 0.4) is 0 Å². The number of hydrogen-bond donors (Lipinski definition) is 0. The summed E-state index contributed by atoms with van der Waals surface area (Å²) in [6.45, 7) is 0. The van der Waals surface area contributed by atoms with Crippen LogP contribution in [-0.2, 0) is 14.3 Å². The number of ketones is 2. The Balaban J connectivity index is 1.54. The van der Waals surface area contributed by atoms with Crippen molar-refractivity contribution in [2.75, 3.05) is 4.90 Å². The maximum Gasteiger partial charge on any atom is 0.241 e. The molecule has 3 aromatic rings. The molecular weight excluding hydrogens is 522 g/mol. The number of halogens is 2. The number of fused-ring (bicyclic) bond motifs is 3. The third-order valence-electron chi connectivity index (χ3n) is 6.80. The number of nitrogens with zero attached hydrogens (tertiary/aromatic N) is 1. The highest BCUT2D eigenvalue weighted by Gasteiger charge is 2.74. The lowest BCUT2D eigenvalue weighted by atomic mass is 9.77. The summed E-state index contributed by atoms with van der Waals surface area (Å²) in [4.78, 5) is 56.0. The highest BCUT2D eigenvalue weighted by molar-refractivity contribution is 9.10. The zero-order valence-corrected chi connectivity index (χ0v) is 19.7. The van der Waals surface area contributed by atoms with Gasteiger partial charge in [-0.3, -0.25) is 19.2 Å². The maximum atomic E-state index is 13.8. The first-order valence-corrected chi connectivity index (χ1v) is 11.8.